The summed E-state index contributed by atoms with van der Waals surface area (Å²) in [5, 5.41) is 43.5. The van der Waals surface area contributed by atoms with Crippen LogP contribution < -0.4 is 0 Å². The zero-order valence-electron chi connectivity index (χ0n) is 6.24. The van der Waals surface area contributed by atoms with E-state index < -0.39 is 31.0 Å². The van der Waals surface area contributed by atoms with Crippen LogP contribution in [0.25, 0.3) is 0 Å². The molecule has 78 valence electrons. The van der Waals surface area contributed by atoms with Crippen LogP contribution in [0.15, 0.2) is 0 Å². The Kier molecular flexibility index (Phi) is 25.3. The monoisotopic (exact) mass is 252 g/mol. The summed E-state index contributed by atoms with van der Waals surface area (Å²) in [5.74, 6) is 0. The van der Waals surface area contributed by atoms with Crippen molar-refractivity contribution in [2.75, 3.05) is 6.61 Å². The summed E-state index contributed by atoms with van der Waals surface area (Å²) in [6, 6.07) is 0. The molecular formula is C6H15Na3O6. The summed E-state index contributed by atoms with van der Waals surface area (Å²) in [6.07, 6.45) is -6.84. The first-order valence-corrected chi connectivity index (χ1v) is 3.33. The minimum absolute atomic E-state index is 0. The van der Waals surface area contributed by atoms with E-state index in [1.807, 2.05) is 0 Å². The first-order valence-electron chi connectivity index (χ1n) is 3.33. The third-order valence-corrected chi connectivity index (χ3v) is 1.42. The first-order chi connectivity index (χ1) is 5.54. The Bertz CT molecular complexity index is 149. The molecule has 4 atom stereocenters. The second-order valence-electron chi connectivity index (χ2n) is 2.36. The van der Waals surface area contributed by atoms with Crippen molar-refractivity contribution >= 4 is 95.0 Å². The van der Waals surface area contributed by atoms with E-state index in [1.54, 1.807) is 0 Å². The number of hydrogen-bond donors (Lipinski definition) is 5. The minimum atomic E-state index is -1.79. The van der Waals surface area contributed by atoms with Crippen LogP contribution in [0.1, 0.15) is 0 Å². The normalized spacial score (nSPS) is 16.9. The predicted molar refractivity (Wildman–Crippen MR) is 58.6 cm³/mol. The van der Waals surface area contributed by atoms with Crippen molar-refractivity contribution in [3.8, 4) is 0 Å². The first kappa shape index (κ1) is 26.1. The van der Waals surface area contributed by atoms with Crippen molar-refractivity contribution in [3.63, 3.8) is 0 Å². The van der Waals surface area contributed by atoms with Gasteiger partial charge in [-0.2, -0.15) is 0 Å². The maximum absolute atomic E-state index is 9.90. The van der Waals surface area contributed by atoms with Gasteiger partial charge in [-0.25, -0.2) is 0 Å². The molecular weight excluding hydrogens is 237 g/mol. The van der Waals surface area contributed by atoms with Gasteiger partial charge in [-0.1, -0.05) is 0 Å². The van der Waals surface area contributed by atoms with Gasteiger partial charge in [0.1, 0.15) is 24.4 Å². The molecule has 0 rings (SSSR count). The molecule has 0 saturated heterocycles. The molecule has 5 N–H and O–H groups in total. The molecule has 0 bridgehead atoms. The van der Waals surface area contributed by atoms with Crippen LogP contribution >= 0.6 is 0 Å². The van der Waals surface area contributed by atoms with E-state index in [4.69, 9.17) is 25.5 Å². The molecule has 6 nitrogen and oxygen atoms in total. The molecule has 0 aliphatic rings. The molecule has 0 amide bonds. The van der Waals surface area contributed by atoms with Crippen molar-refractivity contribution in [3.05, 3.63) is 0 Å². The van der Waals surface area contributed by atoms with Crippen molar-refractivity contribution in [1.29, 1.82) is 0 Å². The summed E-state index contributed by atoms with van der Waals surface area (Å²) in [6.45, 7) is -0.760. The van der Waals surface area contributed by atoms with Crippen LogP contribution in [-0.4, -0.2) is 152 Å². The molecule has 9 heteroatoms. The molecule has 0 aliphatic carbocycles. The van der Waals surface area contributed by atoms with E-state index in [-0.39, 0.29) is 95.0 Å². The molecule has 15 heavy (non-hydrogen) atoms. The Balaban J connectivity index is -0.000000202. The van der Waals surface area contributed by atoms with E-state index in [2.05, 4.69) is 0 Å². The zero-order valence-corrected chi connectivity index (χ0v) is 6.24. The van der Waals surface area contributed by atoms with Crippen LogP contribution in [-0.2, 0) is 4.79 Å². The fraction of sp³-hybridized carbons (Fsp3) is 0.833. The number of carbonyl (C=O) groups excluding carboxylic acids is 1. The van der Waals surface area contributed by atoms with E-state index in [1.165, 1.54) is 0 Å². The fourth-order valence-corrected chi connectivity index (χ4v) is 0.618. The molecule has 0 fully saturated rings. The van der Waals surface area contributed by atoms with Crippen molar-refractivity contribution in [2.24, 2.45) is 0 Å². The Morgan fingerprint density at radius 1 is 0.933 bits per heavy atom. The van der Waals surface area contributed by atoms with Gasteiger partial charge < -0.3 is 30.3 Å². The van der Waals surface area contributed by atoms with E-state index in [9.17, 15) is 4.79 Å². The van der Waals surface area contributed by atoms with Gasteiger partial charge in [-0.05, 0) is 0 Å². The molecule has 0 unspecified atom stereocenters. The van der Waals surface area contributed by atoms with Crippen LogP contribution in [0.5, 0.6) is 0 Å². The summed E-state index contributed by atoms with van der Waals surface area (Å²) < 4.78 is 0. The Labute approximate surface area is 154 Å². The third kappa shape index (κ3) is 10.1. The van der Waals surface area contributed by atoms with E-state index in [0.29, 0.717) is 0 Å². The van der Waals surface area contributed by atoms with Gasteiger partial charge in [-0.15, -0.1) is 0 Å². The Morgan fingerprint density at radius 3 is 1.60 bits per heavy atom. The number of rotatable bonds is 5. The van der Waals surface area contributed by atoms with Crippen molar-refractivity contribution < 1.29 is 30.3 Å². The van der Waals surface area contributed by atoms with E-state index in [0.717, 1.165) is 0 Å². The SMILES string of the molecule is O=C[C@H](O)[C@@H](O)[C@H](O)[C@H](O)CO.[NaH].[NaH].[NaH]. The Morgan fingerprint density at radius 2 is 1.33 bits per heavy atom. The topological polar surface area (TPSA) is 118 Å². The fourth-order valence-electron chi connectivity index (χ4n) is 0.618. The second kappa shape index (κ2) is 14.5. The molecule has 0 aliphatic heterocycles. The number of aliphatic hydroxyl groups excluding tert-OH is 5. The van der Waals surface area contributed by atoms with Gasteiger partial charge in [0.25, 0.3) is 0 Å². The van der Waals surface area contributed by atoms with Crippen LogP contribution in [0, 0.1) is 0 Å². The van der Waals surface area contributed by atoms with Crippen molar-refractivity contribution in [2.45, 2.75) is 24.4 Å². The summed E-state index contributed by atoms with van der Waals surface area (Å²) in [5.41, 5.74) is 0. The number of hydrogen-bond acceptors (Lipinski definition) is 6. The van der Waals surface area contributed by atoms with Crippen LogP contribution in [0.4, 0.5) is 0 Å². The zero-order chi connectivity index (χ0) is 9.72. The molecule has 0 aromatic heterocycles. The maximum atomic E-state index is 9.90. The molecule has 0 saturated carbocycles. The standard InChI is InChI=1S/C6H12O6.3Na.3H/c7-1-3(9)5(11)6(12)4(10)2-8;;;;;;/h1,3-6,8-12H,2H2;;;;;;/t3-,4+,5+,6+;;;;;;/m0....../s1. The molecule has 0 heterocycles. The number of aldehydes is 1. The average Bonchev–Trinajstić information content (AvgIpc) is 2.12. The third-order valence-electron chi connectivity index (χ3n) is 1.42. The molecule has 0 spiro atoms. The number of aliphatic hydroxyl groups is 5. The van der Waals surface area contributed by atoms with E-state index >= 15 is 0 Å². The summed E-state index contributed by atoms with van der Waals surface area (Å²) in [7, 11) is 0. The summed E-state index contributed by atoms with van der Waals surface area (Å²) in [4.78, 5) is 9.90. The summed E-state index contributed by atoms with van der Waals surface area (Å²) >= 11 is 0. The van der Waals surface area contributed by atoms with Crippen LogP contribution in [0.3, 0.4) is 0 Å². The number of carbonyl (C=O) groups is 1. The average molecular weight is 252 g/mol. The molecule has 0 aromatic rings. The van der Waals surface area contributed by atoms with Gasteiger partial charge in [0, 0.05) is 0 Å². The Hall–Kier alpha value is 2.47. The molecule has 0 radical (unpaired) electrons. The van der Waals surface area contributed by atoms with Crippen molar-refractivity contribution in [1.82, 2.24) is 0 Å². The van der Waals surface area contributed by atoms with Gasteiger partial charge in [0.2, 0.25) is 0 Å². The van der Waals surface area contributed by atoms with Gasteiger partial charge in [-0.3, -0.25) is 0 Å². The second-order valence-corrected chi connectivity index (χ2v) is 2.36. The van der Waals surface area contributed by atoms with Gasteiger partial charge in [0.05, 0.1) is 6.61 Å². The van der Waals surface area contributed by atoms with Gasteiger partial charge >= 0.3 is 88.7 Å². The molecule has 0 aromatic carbocycles. The van der Waals surface area contributed by atoms with Crippen LogP contribution in [0.2, 0.25) is 0 Å². The predicted octanol–water partition coefficient (Wildman–Crippen LogP) is -5.32. The van der Waals surface area contributed by atoms with Gasteiger partial charge in [0.15, 0.2) is 6.29 Å². The quantitative estimate of drug-likeness (QED) is 0.246.